The number of halogens is 2. The average Bonchev–Trinajstić information content (AvgIpc) is 2.64. The van der Waals surface area contributed by atoms with E-state index in [0.29, 0.717) is 18.5 Å². The second-order valence-corrected chi connectivity index (χ2v) is 3.65. The summed E-state index contributed by atoms with van der Waals surface area (Å²) in [6.07, 6.45) is -0.532. The van der Waals surface area contributed by atoms with E-state index in [1.807, 2.05) is 0 Å². The van der Waals surface area contributed by atoms with Gasteiger partial charge in [-0.05, 0) is 24.1 Å². The van der Waals surface area contributed by atoms with Gasteiger partial charge in [-0.25, -0.2) is 13.6 Å². The first-order chi connectivity index (χ1) is 7.19. The second kappa shape index (κ2) is 3.95. The van der Waals surface area contributed by atoms with Crippen molar-refractivity contribution in [3.63, 3.8) is 0 Å². The molecule has 2 atom stereocenters. The fraction of sp³-hybridized carbons (Fsp3) is 0.364. The first-order valence-electron chi connectivity index (χ1n) is 4.74. The molecule has 2 rings (SSSR count). The molecule has 1 saturated heterocycles. The molecule has 2 nitrogen and oxygen atoms in total. The number of hydrogen-bond acceptors (Lipinski definition) is 1. The highest BCUT2D eigenvalue weighted by Crippen LogP contribution is 2.28. The van der Waals surface area contributed by atoms with Gasteiger partial charge in [0.05, 0.1) is 6.57 Å². The van der Waals surface area contributed by atoms with Crippen LogP contribution >= 0.6 is 0 Å². The maximum absolute atomic E-state index is 13.1. The maximum atomic E-state index is 13.1. The Morgan fingerprint density at radius 2 is 2.20 bits per heavy atom. The minimum absolute atomic E-state index is 0.170. The number of hydrogen-bond donors (Lipinski definition) is 1. The number of alkyl halides is 1. The number of nitrogens with zero attached hydrogens (tertiary/aromatic N) is 1. The van der Waals surface area contributed by atoms with E-state index < -0.39 is 12.0 Å². The van der Waals surface area contributed by atoms with E-state index in [0.717, 1.165) is 0 Å². The number of nitrogens with one attached hydrogen (secondary N) is 1. The van der Waals surface area contributed by atoms with Gasteiger partial charge in [-0.15, -0.1) is 0 Å². The lowest BCUT2D eigenvalue weighted by molar-refractivity contribution is 0.356. The number of rotatable bonds is 1. The molecule has 0 radical (unpaired) electrons. The average molecular weight is 208 g/mol. The lowest BCUT2D eigenvalue weighted by Crippen LogP contribution is -2.13. The van der Waals surface area contributed by atoms with Crippen molar-refractivity contribution in [3.05, 3.63) is 41.0 Å². The summed E-state index contributed by atoms with van der Waals surface area (Å²) in [7, 11) is 0. The molecule has 1 heterocycles. The lowest BCUT2D eigenvalue weighted by Gasteiger charge is -2.10. The van der Waals surface area contributed by atoms with Crippen molar-refractivity contribution in [2.24, 2.45) is 0 Å². The smallest absolute Gasteiger partial charge is 0.190 e. The Hall–Kier alpha value is -1.47. The summed E-state index contributed by atoms with van der Waals surface area (Å²) in [5, 5.41) is 2.96. The Kier molecular flexibility index (Phi) is 2.65. The van der Waals surface area contributed by atoms with E-state index in [-0.39, 0.29) is 11.7 Å². The summed E-state index contributed by atoms with van der Waals surface area (Å²) in [5.74, 6) is -0.442. The Bertz CT molecular complexity index is 412. The minimum Gasteiger partial charge on any atom is -0.307 e. The molecule has 1 aliphatic heterocycles. The van der Waals surface area contributed by atoms with Crippen LogP contribution in [0, 0.1) is 12.4 Å². The van der Waals surface area contributed by atoms with E-state index in [1.54, 1.807) is 6.07 Å². The lowest BCUT2D eigenvalue weighted by atomic mass is 10.0. The van der Waals surface area contributed by atoms with Crippen LogP contribution in [0.25, 0.3) is 4.85 Å². The molecule has 0 unspecified atom stereocenters. The van der Waals surface area contributed by atoms with Crippen molar-refractivity contribution >= 4 is 5.69 Å². The minimum atomic E-state index is -0.880. The molecule has 0 aromatic heterocycles. The highest BCUT2D eigenvalue weighted by Gasteiger charge is 2.25. The van der Waals surface area contributed by atoms with E-state index in [2.05, 4.69) is 10.2 Å². The molecule has 1 fully saturated rings. The molecular formula is C11H10F2N2. The number of benzene rings is 1. The molecule has 1 aromatic rings. The van der Waals surface area contributed by atoms with Gasteiger partial charge >= 0.3 is 0 Å². The highest BCUT2D eigenvalue weighted by atomic mass is 19.1. The van der Waals surface area contributed by atoms with E-state index in [1.165, 1.54) is 12.1 Å². The van der Waals surface area contributed by atoms with Crippen molar-refractivity contribution in [1.29, 1.82) is 0 Å². The van der Waals surface area contributed by atoms with Gasteiger partial charge in [0.2, 0.25) is 0 Å². The summed E-state index contributed by atoms with van der Waals surface area (Å²) < 4.78 is 26.0. The SMILES string of the molecule is [C-]#[N+]c1cc(F)cc([C@H]2C[C@H](F)CN2)c1. The fourth-order valence-electron chi connectivity index (χ4n) is 1.81. The third-order valence-corrected chi connectivity index (χ3v) is 2.51. The molecule has 0 saturated carbocycles. The van der Waals surface area contributed by atoms with Crippen LogP contribution in [-0.2, 0) is 0 Å². The van der Waals surface area contributed by atoms with Gasteiger partial charge in [-0.3, -0.25) is 0 Å². The molecule has 1 aliphatic rings. The molecular weight excluding hydrogens is 198 g/mol. The first kappa shape index (κ1) is 10.1. The van der Waals surface area contributed by atoms with Crippen molar-refractivity contribution in [1.82, 2.24) is 5.32 Å². The van der Waals surface area contributed by atoms with Crippen molar-refractivity contribution in [2.75, 3.05) is 6.54 Å². The molecule has 15 heavy (non-hydrogen) atoms. The van der Waals surface area contributed by atoms with Crippen molar-refractivity contribution < 1.29 is 8.78 Å². The molecule has 4 heteroatoms. The van der Waals surface area contributed by atoms with Gasteiger partial charge < -0.3 is 5.32 Å². The summed E-state index contributed by atoms with van der Waals surface area (Å²) in [4.78, 5) is 3.17. The van der Waals surface area contributed by atoms with Crippen LogP contribution in [0.3, 0.4) is 0 Å². The zero-order valence-corrected chi connectivity index (χ0v) is 8.00. The Morgan fingerprint density at radius 3 is 2.80 bits per heavy atom. The molecule has 0 amide bonds. The monoisotopic (exact) mass is 208 g/mol. The van der Waals surface area contributed by atoms with Crippen LogP contribution in [0.5, 0.6) is 0 Å². The normalized spacial score (nSPS) is 25.1. The van der Waals surface area contributed by atoms with Crippen molar-refractivity contribution in [2.45, 2.75) is 18.6 Å². The van der Waals surface area contributed by atoms with Crippen LogP contribution in [0.15, 0.2) is 18.2 Å². The van der Waals surface area contributed by atoms with Gasteiger partial charge in [0.1, 0.15) is 12.0 Å². The van der Waals surface area contributed by atoms with Crippen LogP contribution in [0.2, 0.25) is 0 Å². The maximum Gasteiger partial charge on any atom is 0.190 e. The molecule has 1 aromatic carbocycles. The van der Waals surface area contributed by atoms with Gasteiger partial charge in [0.25, 0.3) is 0 Å². The quantitative estimate of drug-likeness (QED) is 0.702. The standard InChI is InChI=1S/C11H10F2N2/c1-14-10-3-7(2-8(12)4-10)11-5-9(13)6-15-11/h2-4,9,11,15H,5-6H2/t9-,11+/m0/s1. The van der Waals surface area contributed by atoms with Crippen LogP contribution in [0.4, 0.5) is 14.5 Å². The molecule has 0 spiro atoms. The topological polar surface area (TPSA) is 16.4 Å². The predicted molar refractivity (Wildman–Crippen MR) is 52.9 cm³/mol. The van der Waals surface area contributed by atoms with Crippen LogP contribution in [0.1, 0.15) is 18.0 Å². The third-order valence-electron chi connectivity index (χ3n) is 2.51. The molecule has 0 bridgehead atoms. The van der Waals surface area contributed by atoms with Gasteiger partial charge in [-0.2, -0.15) is 0 Å². The van der Waals surface area contributed by atoms with E-state index in [9.17, 15) is 8.78 Å². The summed E-state index contributed by atoms with van der Waals surface area (Å²) >= 11 is 0. The largest absolute Gasteiger partial charge is 0.307 e. The molecule has 78 valence electrons. The Labute approximate surface area is 86.7 Å². The highest BCUT2D eigenvalue weighted by molar-refractivity contribution is 5.48. The van der Waals surface area contributed by atoms with Gasteiger partial charge in [-0.1, -0.05) is 6.07 Å². The predicted octanol–water partition coefficient (Wildman–Crippen LogP) is 2.75. The fourth-order valence-corrected chi connectivity index (χ4v) is 1.81. The summed E-state index contributed by atoms with van der Waals surface area (Å²) in [6, 6.07) is 3.96. The van der Waals surface area contributed by atoms with Gasteiger partial charge in [0.15, 0.2) is 5.69 Å². The first-order valence-corrected chi connectivity index (χ1v) is 4.74. The Balaban J connectivity index is 2.29. The third kappa shape index (κ3) is 2.13. The van der Waals surface area contributed by atoms with E-state index >= 15 is 0 Å². The van der Waals surface area contributed by atoms with Crippen molar-refractivity contribution in [3.8, 4) is 0 Å². The second-order valence-electron chi connectivity index (χ2n) is 3.65. The Morgan fingerprint density at radius 1 is 1.40 bits per heavy atom. The summed E-state index contributed by atoms with van der Waals surface area (Å²) in [5.41, 5.74) is 0.912. The van der Waals surface area contributed by atoms with E-state index in [4.69, 9.17) is 6.57 Å². The molecule has 1 N–H and O–H groups in total. The van der Waals surface area contributed by atoms with Crippen LogP contribution < -0.4 is 5.32 Å². The van der Waals surface area contributed by atoms with Gasteiger partial charge in [0, 0.05) is 12.6 Å². The summed E-state index contributed by atoms with van der Waals surface area (Å²) in [6.45, 7) is 7.11. The molecule has 0 aliphatic carbocycles. The zero-order chi connectivity index (χ0) is 10.8. The zero-order valence-electron chi connectivity index (χ0n) is 8.00. The van der Waals surface area contributed by atoms with Crippen LogP contribution in [-0.4, -0.2) is 12.7 Å².